The highest BCUT2D eigenvalue weighted by Crippen LogP contribution is 2.30. The van der Waals surface area contributed by atoms with Gasteiger partial charge in [-0.15, -0.1) is 0 Å². The Balaban J connectivity index is 2.49. The molecule has 1 nitrogen and oxygen atoms in total. The minimum Gasteiger partial charge on any atom is -0.312 e. The van der Waals surface area contributed by atoms with Crippen molar-refractivity contribution in [3.05, 3.63) is 0 Å². The van der Waals surface area contributed by atoms with Crippen molar-refractivity contribution in [1.82, 2.24) is 5.32 Å². The average molecular weight is 145 g/mol. The molecule has 2 heteroatoms. The molecule has 0 spiro atoms. The van der Waals surface area contributed by atoms with E-state index in [1.54, 1.807) is 0 Å². The maximum atomic E-state index is 3.45. The van der Waals surface area contributed by atoms with Crippen LogP contribution in [-0.2, 0) is 0 Å². The molecule has 1 N–H and O–H groups in total. The van der Waals surface area contributed by atoms with Gasteiger partial charge < -0.3 is 5.32 Å². The molecule has 1 aliphatic heterocycles. The van der Waals surface area contributed by atoms with Crippen molar-refractivity contribution in [3.8, 4) is 0 Å². The highest BCUT2D eigenvalue weighted by Gasteiger charge is 2.28. The summed E-state index contributed by atoms with van der Waals surface area (Å²) in [4.78, 5) is 0. The van der Waals surface area contributed by atoms with Gasteiger partial charge >= 0.3 is 0 Å². The third-order valence-corrected chi connectivity index (χ3v) is 3.58. The summed E-state index contributed by atoms with van der Waals surface area (Å²) in [5.41, 5.74) is 0. The summed E-state index contributed by atoms with van der Waals surface area (Å²) in [6.45, 7) is 8.03. The largest absolute Gasteiger partial charge is 0.312 e. The average Bonchev–Trinajstić information content (AvgIpc) is 1.77. The topological polar surface area (TPSA) is 12.0 Å². The lowest BCUT2D eigenvalue weighted by atomic mass is 10.1. The van der Waals surface area contributed by atoms with E-state index in [1.807, 2.05) is 0 Å². The van der Waals surface area contributed by atoms with E-state index in [2.05, 4.69) is 37.8 Å². The molecule has 0 saturated carbocycles. The van der Waals surface area contributed by atoms with Crippen LogP contribution in [0.2, 0.25) is 0 Å². The van der Waals surface area contributed by atoms with Crippen LogP contribution in [0, 0.1) is 0 Å². The summed E-state index contributed by atoms with van der Waals surface area (Å²) >= 11 is 2.07. The van der Waals surface area contributed by atoms with Gasteiger partial charge in [-0.05, 0) is 20.8 Å². The van der Waals surface area contributed by atoms with Crippen molar-refractivity contribution >= 4 is 11.8 Å². The first-order valence-corrected chi connectivity index (χ1v) is 4.49. The summed E-state index contributed by atoms with van der Waals surface area (Å²) in [7, 11) is 0. The molecule has 1 heterocycles. The number of nitrogens with one attached hydrogen (secondary N) is 1. The minimum absolute atomic E-state index is 0.443. The summed E-state index contributed by atoms with van der Waals surface area (Å²) in [6, 6.07) is 0.663. The SMILES string of the molecule is C[C@H]1NCCSC1(C)C. The first-order chi connectivity index (χ1) is 4.13. The molecule has 0 aromatic carbocycles. The molecule has 1 fully saturated rings. The van der Waals surface area contributed by atoms with Gasteiger partial charge in [0.2, 0.25) is 0 Å². The van der Waals surface area contributed by atoms with Crippen LogP contribution >= 0.6 is 11.8 Å². The summed E-state index contributed by atoms with van der Waals surface area (Å²) in [5, 5.41) is 3.45. The molecule has 1 aliphatic rings. The van der Waals surface area contributed by atoms with Crippen molar-refractivity contribution in [1.29, 1.82) is 0 Å². The molecule has 1 rings (SSSR count). The number of hydrogen-bond donors (Lipinski definition) is 1. The third kappa shape index (κ3) is 1.62. The van der Waals surface area contributed by atoms with Crippen LogP contribution in [0.4, 0.5) is 0 Å². The quantitative estimate of drug-likeness (QED) is 0.554. The van der Waals surface area contributed by atoms with Gasteiger partial charge in [0.25, 0.3) is 0 Å². The van der Waals surface area contributed by atoms with Crippen LogP contribution in [0.25, 0.3) is 0 Å². The Morgan fingerprint density at radius 2 is 2.22 bits per heavy atom. The molecule has 0 aromatic heterocycles. The van der Waals surface area contributed by atoms with E-state index in [9.17, 15) is 0 Å². The van der Waals surface area contributed by atoms with E-state index in [-0.39, 0.29) is 0 Å². The van der Waals surface area contributed by atoms with Crippen LogP contribution in [0.1, 0.15) is 20.8 Å². The molecule has 0 amide bonds. The second kappa shape index (κ2) is 2.51. The van der Waals surface area contributed by atoms with Crippen molar-refractivity contribution < 1.29 is 0 Å². The van der Waals surface area contributed by atoms with Gasteiger partial charge in [-0.2, -0.15) is 11.8 Å². The summed E-state index contributed by atoms with van der Waals surface area (Å²) < 4.78 is 0.443. The van der Waals surface area contributed by atoms with Crippen LogP contribution in [0.5, 0.6) is 0 Å². The zero-order valence-corrected chi connectivity index (χ0v) is 7.22. The molecule has 0 bridgehead atoms. The normalized spacial score (nSPS) is 34.3. The minimum atomic E-state index is 0.443. The monoisotopic (exact) mass is 145 g/mol. The molecule has 1 saturated heterocycles. The summed E-state index contributed by atoms with van der Waals surface area (Å²) in [6.07, 6.45) is 0. The number of hydrogen-bond acceptors (Lipinski definition) is 2. The fraction of sp³-hybridized carbons (Fsp3) is 1.00. The molecule has 54 valence electrons. The molecular formula is C7H15NS. The van der Waals surface area contributed by atoms with Gasteiger partial charge in [0.05, 0.1) is 0 Å². The molecule has 9 heavy (non-hydrogen) atoms. The molecule has 0 aromatic rings. The van der Waals surface area contributed by atoms with Gasteiger partial charge in [-0.1, -0.05) is 0 Å². The van der Waals surface area contributed by atoms with Crippen molar-refractivity contribution in [2.24, 2.45) is 0 Å². The zero-order valence-electron chi connectivity index (χ0n) is 6.40. The lowest BCUT2D eigenvalue weighted by Gasteiger charge is -2.36. The lowest BCUT2D eigenvalue weighted by molar-refractivity contribution is 0.459. The van der Waals surface area contributed by atoms with Gasteiger partial charge in [0.15, 0.2) is 0 Å². The van der Waals surface area contributed by atoms with Gasteiger partial charge in [0.1, 0.15) is 0 Å². The Morgan fingerprint density at radius 3 is 2.56 bits per heavy atom. The van der Waals surface area contributed by atoms with Crippen molar-refractivity contribution in [3.63, 3.8) is 0 Å². The summed E-state index contributed by atoms with van der Waals surface area (Å²) in [5.74, 6) is 1.26. The molecular weight excluding hydrogens is 130 g/mol. The smallest absolute Gasteiger partial charge is 0.0254 e. The van der Waals surface area contributed by atoms with Crippen molar-refractivity contribution in [2.45, 2.75) is 31.6 Å². The van der Waals surface area contributed by atoms with E-state index in [1.165, 1.54) is 12.3 Å². The molecule has 0 radical (unpaired) electrons. The Hall–Kier alpha value is 0.310. The predicted molar refractivity (Wildman–Crippen MR) is 44.0 cm³/mol. The predicted octanol–water partition coefficient (Wildman–Crippen LogP) is 1.49. The van der Waals surface area contributed by atoms with E-state index >= 15 is 0 Å². The Bertz CT molecular complexity index is 101. The van der Waals surface area contributed by atoms with Gasteiger partial charge in [0, 0.05) is 23.1 Å². The molecule has 0 aliphatic carbocycles. The highest BCUT2D eigenvalue weighted by atomic mass is 32.2. The molecule has 0 unspecified atom stereocenters. The maximum absolute atomic E-state index is 3.45. The number of rotatable bonds is 0. The first-order valence-electron chi connectivity index (χ1n) is 3.50. The lowest BCUT2D eigenvalue weighted by Crippen LogP contribution is -2.47. The van der Waals surface area contributed by atoms with Gasteiger partial charge in [-0.3, -0.25) is 0 Å². The van der Waals surface area contributed by atoms with E-state index in [0.717, 1.165) is 0 Å². The molecule has 1 atom stereocenters. The fourth-order valence-electron chi connectivity index (χ4n) is 0.960. The van der Waals surface area contributed by atoms with Crippen LogP contribution in [0.15, 0.2) is 0 Å². The fourth-order valence-corrected chi connectivity index (χ4v) is 2.04. The Morgan fingerprint density at radius 1 is 1.56 bits per heavy atom. The maximum Gasteiger partial charge on any atom is 0.0254 e. The first kappa shape index (κ1) is 7.42. The van der Waals surface area contributed by atoms with Crippen LogP contribution in [0.3, 0.4) is 0 Å². The van der Waals surface area contributed by atoms with Gasteiger partial charge in [-0.25, -0.2) is 0 Å². The standard InChI is InChI=1S/C7H15NS/c1-6-7(2,3)9-5-4-8-6/h6,8H,4-5H2,1-3H3/t6-/m1/s1. The zero-order chi connectivity index (χ0) is 6.91. The number of thioether (sulfide) groups is 1. The van der Waals surface area contributed by atoms with E-state index in [0.29, 0.717) is 10.8 Å². The second-order valence-corrected chi connectivity index (χ2v) is 4.88. The highest BCUT2D eigenvalue weighted by molar-refractivity contribution is 8.00. The second-order valence-electron chi connectivity index (χ2n) is 3.13. The van der Waals surface area contributed by atoms with E-state index < -0.39 is 0 Å². The van der Waals surface area contributed by atoms with Crippen LogP contribution in [-0.4, -0.2) is 23.1 Å². The van der Waals surface area contributed by atoms with Crippen molar-refractivity contribution in [2.75, 3.05) is 12.3 Å². The Kier molecular flexibility index (Phi) is 2.07. The van der Waals surface area contributed by atoms with Crippen LogP contribution < -0.4 is 5.32 Å². The Labute approximate surface area is 61.6 Å². The third-order valence-electron chi connectivity index (χ3n) is 2.07. The van der Waals surface area contributed by atoms with E-state index in [4.69, 9.17) is 0 Å².